The van der Waals surface area contributed by atoms with Crippen LogP contribution in [-0.2, 0) is 11.2 Å². The normalized spacial score (nSPS) is 13.5. The summed E-state index contributed by atoms with van der Waals surface area (Å²) in [5.74, 6) is -0.960. The van der Waals surface area contributed by atoms with E-state index >= 15 is 0 Å². The summed E-state index contributed by atoms with van der Waals surface area (Å²) in [6, 6.07) is 9.32. The fourth-order valence-electron chi connectivity index (χ4n) is 2.81. The highest BCUT2D eigenvalue weighted by Crippen LogP contribution is 2.37. The van der Waals surface area contributed by atoms with Gasteiger partial charge in [0, 0.05) is 11.6 Å². The van der Waals surface area contributed by atoms with E-state index in [0.717, 1.165) is 18.1 Å². The Hall–Kier alpha value is -3.42. The number of ether oxygens (including phenoxy) is 3. The molecule has 0 N–H and O–H groups in total. The second-order valence-electron chi connectivity index (χ2n) is 6.23. The highest BCUT2D eigenvalue weighted by molar-refractivity contribution is 6.02. The van der Waals surface area contributed by atoms with Crippen molar-refractivity contribution in [1.29, 1.82) is 0 Å². The highest BCUT2D eigenvalue weighted by atomic mass is 16.6. The first-order valence-corrected chi connectivity index (χ1v) is 8.83. The molecule has 8 heteroatoms. The van der Waals surface area contributed by atoms with Gasteiger partial charge in [0.1, 0.15) is 18.8 Å². The van der Waals surface area contributed by atoms with Crippen LogP contribution < -0.4 is 9.47 Å². The molecular formula is C20H19NO7. The number of hydrogen-bond donors (Lipinski definition) is 0. The molecular weight excluding hydrogens is 366 g/mol. The summed E-state index contributed by atoms with van der Waals surface area (Å²) >= 11 is 0. The molecule has 0 saturated heterocycles. The van der Waals surface area contributed by atoms with Gasteiger partial charge >= 0.3 is 5.97 Å². The number of nitro groups is 1. The maximum absolute atomic E-state index is 12.5. The Morgan fingerprint density at radius 2 is 1.75 bits per heavy atom. The van der Waals surface area contributed by atoms with Crippen LogP contribution in [0.25, 0.3) is 0 Å². The van der Waals surface area contributed by atoms with E-state index in [9.17, 15) is 19.7 Å². The van der Waals surface area contributed by atoms with Gasteiger partial charge in [-0.1, -0.05) is 31.2 Å². The first-order chi connectivity index (χ1) is 13.4. The van der Waals surface area contributed by atoms with E-state index in [-0.39, 0.29) is 30.3 Å². The third kappa shape index (κ3) is 3.95. The fraction of sp³-hybridized carbons (Fsp3) is 0.300. The third-order valence-corrected chi connectivity index (χ3v) is 4.38. The van der Waals surface area contributed by atoms with Crippen molar-refractivity contribution in [3.8, 4) is 11.5 Å². The Labute approximate surface area is 161 Å². The molecule has 0 amide bonds. The molecule has 1 aliphatic rings. The van der Waals surface area contributed by atoms with Crippen molar-refractivity contribution < 1.29 is 28.7 Å². The number of fused-ring (bicyclic) bond motifs is 1. The first kappa shape index (κ1) is 19.3. The van der Waals surface area contributed by atoms with Crippen LogP contribution in [-0.4, -0.2) is 36.0 Å². The molecule has 8 nitrogen and oxygen atoms in total. The average Bonchev–Trinajstić information content (AvgIpc) is 2.72. The quantitative estimate of drug-likeness (QED) is 0.325. The molecule has 0 radical (unpaired) electrons. The number of ketones is 1. The molecule has 0 spiro atoms. The van der Waals surface area contributed by atoms with Crippen LogP contribution in [0.2, 0.25) is 0 Å². The molecule has 1 heterocycles. The average molecular weight is 385 g/mol. The fourth-order valence-corrected chi connectivity index (χ4v) is 2.81. The monoisotopic (exact) mass is 385 g/mol. The lowest BCUT2D eigenvalue weighted by Gasteiger charge is -2.19. The minimum Gasteiger partial charge on any atom is -0.486 e. The minimum absolute atomic E-state index is 0.189. The first-order valence-electron chi connectivity index (χ1n) is 8.83. The van der Waals surface area contributed by atoms with Gasteiger partial charge in [-0.3, -0.25) is 14.9 Å². The van der Waals surface area contributed by atoms with Gasteiger partial charge in [-0.25, -0.2) is 4.79 Å². The lowest BCUT2D eigenvalue weighted by atomic mass is 10.0. The molecule has 1 atom stereocenters. The second kappa shape index (κ2) is 8.08. The van der Waals surface area contributed by atoms with Crippen LogP contribution in [0, 0.1) is 10.1 Å². The number of benzene rings is 2. The Balaban J connectivity index is 1.81. The molecule has 0 saturated carbocycles. The van der Waals surface area contributed by atoms with Gasteiger partial charge in [0.25, 0.3) is 5.69 Å². The van der Waals surface area contributed by atoms with Gasteiger partial charge in [-0.05, 0) is 18.9 Å². The zero-order valence-corrected chi connectivity index (χ0v) is 15.5. The number of carbonyl (C=O) groups excluding carboxylic acids is 2. The zero-order chi connectivity index (χ0) is 20.3. The summed E-state index contributed by atoms with van der Waals surface area (Å²) in [4.78, 5) is 35.7. The molecule has 2 aromatic rings. The number of esters is 1. The van der Waals surface area contributed by atoms with Crippen LogP contribution in [0.15, 0.2) is 36.4 Å². The molecule has 0 bridgehead atoms. The molecule has 0 unspecified atom stereocenters. The van der Waals surface area contributed by atoms with E-state index in [0.29, 0.717) is 5.56 Å². The zero-order valence-electron chi connectivity index (χ0n) is 15.5. The maximum atomic E-state index is 12.5. The van der Waals surface area contributed by atoms with Crippen molar-refractivity contribution in [2.24, 2.45) is 0 Å². The Morgan fingerprint density at radius 1 is 1.14 bits per heavy atom. The Morgan fingerprint density at radius 3 is 2.32 bits per heavy atom. The van der Waals surface area contributed by atoms with Crippen LogP contribution in [0.3, 0.4) is 0 Å². The van der Waals surface area contributed by atoms with Gasteiger partial charge in [0.15, 0.2) is 17.6 Å². The predicted molar refractivity (Wildman–Crippen MR) is 99.1 cm³/mol. The minimum atomic E-state index is -1.10. The van der Waals surface area contributed by atoms with Crippen molar-refractivity contribution >= 4 is 17.4 Å². The Kier molecular flexibility index (Phi) is 5.58. The third-order valence-electron chi connectivity index (χ3n) is 4.38. The van der Waals surface area contributed by atoms with Crippen molar-refractivity contribution in [2.75, 3.05) is 13.2 Å². The van der Waals surface area contributed by atoms with Crippen molar-refractivity contribution in [3.63, 3.8) is 0 Å². The van der Waals surface area contributed by atoms with E-state index < -0.39 is 28.5 Å². The summed E-state index contributed by atoms with van der Waals surface area (Å²) in [5, 5.41) is 11.3. The van der Waals surface area contributed by atoms with Gasteiger partial charge in [-0.15, -0.1) is 0 Å². The lowest BCUT2D eigenvalue weighted by Crippen LogP contribution is -2.25. The number of aryl methyl sites for hydroxylation is 1. The van der Waals surface area contributed by atoms with Crippen LogP contribution in [0.5, 0.6) is 11.5 Å². The van der Waals surface area contributed by atoms with Crippen molar-refractivity contribution in [2.45, 2.75) is 26.4 Å². The van der Waals surface area contributed by atoms with E-state index in [1.54, 1.807) is 12.1 Å². The standard InChI is InChI=1S/C20H19NO7/c1-3-13-4-6-14(7-5-13)19(22)12(2)28-20(23)15-10-17-18(27-9-8-26-17)11-16(15)21(24)25/h4-7,10-12H,3,8-9H2,1-2H3/t12-/m1/s1. The van der Waals surface area contributed by atoms with Crippen LogP contribution in [0.4, 0.5) is 5.69 Å². The smallest absolute Gasteiger partial charge is 0.346 e. The van der Waals surface area contributed by atoms with Crippen molar-refractivity contribution in [3.05, 3.63) is 63.2 Å². The Bertz CT molecular complexity index is 921. The summed E-state index contributed by atoms with van der Waals surface area (Å²) in [6.07, 6.45) is -0.264. The molecule has 146 valence electrons. The maximum Gasteiger partial charge on any atom is 0.346 e. The molecule has 0 aliphatic carbocycles. The topological polar surface area (TPSA) is 105 Å². The highest BCUT2D eigenvalue weighted by Gasteiger charge is 2.29. The molecule has 3 rings (SSSR count). The van der Waals surface area contributed by atoms with E-state index in [1.165, 1.54) is 13.0 Å². The molecule has 28 heavy (non-hydrogen) atoms. The molecule has 1 aliphatic heterocycles. The number of nitro benzene ring substituents is 1. The summed E-state index contributed by atoms with van der Waals surface area (Å²) in [6.45, 7) is 3.96. The van der Waals surface area contributed by atoms with Gasteiger partial charge in [-0.2, -0.15) is 0 Å². The van der Waals surface area contributed by atoms with E-state index in [2.05, 4.69) is 0 Å². The van der Waals surface area contributed by atoms with E-state index in [4.69, 9.17) is 14.2 Å². The number of rotatable bonds is 6. The molecule has 0 aromatic heterocycles. The van der Waals surface area contributed by atoms with E-state index in [1.807, 2.05) is 19.1 Å². The van der Waals surface area contributed by atoms with Gasteiger partial charge in [0.05, 0.1) is 11.0 Å². The largest absolute Gasteiger partial charge is 0.486 e. The van der Waals surface area contributed by atoms with Gasteiger partial charge < -0.3 is 14.2 Å². The van der Waals surface area contributed by atoms with Crippen LogP contribution >= 0.6 is 0 Å². The molecule has 2 aromatic carbocycles. The van der Waals surface area contributed by atoms with Gasteiger partial charge in [0.2, 0.25) is 5.78 Å². The number of Topliss-reactive ketones (excluding diaryl/α,β-unsaturated/α-hetero) is 1. The SMILES string of the molecule is CCc1ccc(C(=O)[C@@H](C)OC(=O)c2cc3c(cc2[N+](=O)[O-])OCCO3)cc1. The molecule has 0 fully saturated rings. The number of carbonyl (C=O) groups is 2. The number of hydrogen-bond acceptors (Lipinski definition) is 7. The summed E-state index contributed by atoms with van der Waals surface area (Å²) < 4.78 is 15.9. The second-order valence-corrected chi connectivity index (χ2v) is 6.23. The van der Waals surface area contributed by atoms with Crippen LogP contribution in [0.1, 0.15) is 40.1 Å². The summed E-state index contributed by atoms with van der Waals surface area (Å²) in [7, 11) is 0. The lowest BCUT2D eigenvalue weighted by molar-refractivity contribution is -0.385. The number of nitrogens with zero attached hydrogens (tertiary/aromatic N) is 1. The predicted octanol–water partition coefficient (Wildman–Crippen LogP) is 3.36. The summed E-state index contributed by atoms with van der Waals surface area (Å²) in [5.41, 5.74) is 0.707. The van der Waals surface area contributed by atoms with Crippen molar-refractivity contribution in [1.82, 2.24) is 0 Å².